The Labute approximate surface area is 104 Å². The van der Waals surface area contributed by atoms with Crippen molar-refractivity contribution in [3.8, 4) is 0 Å². The number of rotatable bonds is 0. The minimum atomic E-state index is -0.356. The van der Waals surface area contributed by atoms with Crippen LogP contribution in [0.3, 0.4) is 0 Å². The monoisotopic (exact) mass is 389 g/mol. The van der Waals surface area contributed by atoms with Crippen molar-refractivity contribution in [2.45, 2.75) is 0 Å². The van der Waals surface area contributed by atoms with Gasteiger partial charge in [0.25, 0.3) is 0 Å². The average molecular weight is 388 g/mol. The first-order chi connectivity index (χ1) is 7.36. The Kier molecular flexibility index (Phi) is 2.86. The van der Waals surface area contributed by atoms with Crippen LogP contribution in [0.1, 0.15) is 0 Å². The fourth-order valence-corrected chi connectivity index (χ4v) is 1.62. The van der Waals surface area contributed by atoms with Gasteiger partial charge in [0.2, 0.25) is 0 Å². The second-order valence-corrected chi connectivity index (χ2v) is 3.20. The third kappa shape index (κ3) is 1.56. The molecule has 81 valence electrons. The molecule has 0 aliphatic rings. The molecular weight excluding hydrogens is 382 g/mol. The second-order valence-electron chi connectivity index (χ2n) is 3.20. The number of hydrogen-bond donors (Lipinski definition) is 0. The average Bonchev–Trinajstić information content (AvgIpc) is 2.30. The summed E-state index contributed by atoms with van der Waals surface area (Å²) in [5, 5.41) is 1.24. The zero-order chi connectivity index (χ0) is 10.3. The Morgan fingerprint density at radius 2 is 2.12 bits per heavy atom. The summed E-state index contributed by atoms with van der Waals surface area (Å²) >= 11 is 0. The molecule has 3 nitrogen and oxygen atoms in total. The van der Waals surface area contributed by atoms with Gasteiger partial charge in [-0.1, -0.05) is 11.5 Å². The molecule has 0 atom stereocenters. The van der Waals surface area contributed by atoms with Crippen molar-refractivity contribution >= 4 is 21.9 Å². The van der Waals surface area contributed by atoms with E-state index in [1.54, 1.807) is 36.5 Å². The van der Waals surface area contributed by atoms with Gasteiger partial charge in [0, 0.05) is 42.8 Å². The van der Waals surface area contributed by atoms with Gasteiger partial charge >= 0.3 is 5.63 Å². The molecule has 3 rings (SSSR count). The van der Waals surface area contributed by atoms with E-state index in [-0.39, 0.29) is 25.7 Å². The summed E-state index contributed by atoms with van der Waals surface area (Å²) in [5.41, 5.74) is 0.809. The molecule has 0 N–H and O–H groups in total. The molecule has 0 aliphatic carbocycles. The first-order valence-corrected chi connectivity index (χ1v) is 4.54. The van der Waals surface area contributed by atoms with E-state index in [1.807, 2.05) is 0 Å². The first kappa shape index (κ1) is 11.0. The van der Waals surface area contributed by atoms with E-state index in [4.69, 9.17) is 4.42 Å². The Balaban J connectivity index is 0.000000963. The molecule has 0 fully saturated rings. The van der Waals surface area contributed by atoms with E-state index >= 15 is 0 Å². The van der Waals surface area contributed by atoms with Crippen LogP contribution in [0.25, 0.3) is 21.9 Å². The standard InChI is InChI=1S/C12H6NO2.Ir/c14-12-9-5-3-7-13-11(9)8-4-1-2-6-10(8)15-12;/h1-3,5-7H;/q-1;. The van der Waals surface area contributed by atoms with Crippen LogP contribution in [0.15, 0.2) is 45.7 Å². The van der Waals surface area contributed by atoms with Crippen molar-refractivity contribution in [3.05, 3.63) is 53.0 Å². The summed E-state index contributed by atoms with van der Waals surface area (Å²) < 4.78 is 5.15. The van der Waals surface area contributed by atoms with Crippen LogP contribution in [-0.2, 0) is 20.1 Å². The molecule has 0 bridgehead atoms. The summed E-state index contributed by atoms with van der Waals surface area (Å²) in [6.45, 7) is 0. The van der Waals surface area contributed by atoms with E-state index in [1.165, 1.54) is 0 Å². The van der Waals surface area contributed by atoms with Crippen molar-refractivity contribution in [3.63, 3.8) is 0 Å². The van der Waals surface area contributed by atoms with E-state index in [0.717, 1.165) is 5.39 Å². The van der Waals surface area contributed by atoms with E-state index in [0.29, 0.717) is 16.5 Å². The zero-order valence-electron chi connectivity index (χ0n) is 8.06. The van der Waals surface area contributed by atoms with Gasteiger partial charge in [-0.3, -0.25) is 0 Å². The normalized spacial score (nSPS) is 10.2. The summed E-state index contributed by atoms with van der Waals surface area (Å²) in [5.74, 6) is 0. The third-order valence-electron chi connectivity index (χ3n) is 2.28. The largest absolute Gasteiger partial charge is 0.472 e. The second kappa shape index (κ2) is 4.16. The van der Waals surface area contributed by atoms with Crippen LogP contribution < -0.4 is 5.63 Å². The first-order valence-electron chi connectivity index (χ1n) is 4.54. The maximum atomic E-state index is 11.6. The number of benzene rings is 1. The molecule has 16 heavy (non-hydrogen) atoms. The molecular formula is C12H6IrNO2-. The molecule has 1 radical (unpaired) electrons. The van der Waals surface area contributed by atoms with Crippen LogP contribution in [-0.4, -0.2) is 4.98 Å². The van der Waals surface area contributed by atoms with Gasteiger partial charge in [0.05, 0.1) is 0 Å². The van der Waals surface area contributed by atoms with Gasteiger partial charge in [0.15, 0.2) is 0 Å². The maximum Gasteiger partial charge on any atom is 0.327 e. The molecule has 0 aliphatic heterocycles. The molecule has 0 unspecified atom stereocenters. The van der Waals surface area contributed by atoms with Gasteiger partial charge in [-0.25, -0.2) is 4.79 Å². The number of pyridine rings is 1. The topological polar surface area (TPSA) is 43.1 Å². The fourth-order valence-electron chi connectivity index (χ4n) is 1.62. The molecule has 2 heterocycles. The Hall–Kier alpha value is -1.51. The number of aromatic nitrogens is 1. The molecule has 2 aromatic heterocycles. The number of nitrogens with zero attached hydrogens (tertiary/aromatic N) is 1. The Bertz CT molecular complexity index is 706. The Morgan fingerprint density at radius 3 is 3.00 bits per heavy atom. The zero-order valence-corrected chi connectivity index (χ0v) is 10.5. The van der Waals surface area contributed by atoms with Crippen LogP contribution in [0, 0.1) is 6.07 Å². The SMILES string of the molecule is O=c1oc2ccc[c-]c2c2ncccc12.[Ir]. The van der Waals surface area contributed by atoms with Crippen LogP contribution >= 0.6 is 0 Å². The van der Waals surface area contributed by atoms with Gasteiger partial charge < -0.3 is 9.40 Å². The molecule has 3 aromatic rings. The summed E-state index contributed by atoms with van der Waals surface area (Å²) in [7, 11) is 0. The molecule has 0 spiro atoms. The van der Waals surface area contributed by atoms with Gasteiger partial charge in [-0.2, -0.15) is 0 Å². The minimum absolute atomic E-state index is 0. The number of hydrogen-bond acceptors (Lipinski definition) is 3. The van der Waals surface area contributed by atoms with Crippen molar-refractivity contribution in [1.82, 2.24) is 4.98 Å². The Morgan fingerprint density at radius 1 is 1.25 bits per heavy atom. The molecule has 0 amide bonds. The van der Waals surface area contributed by atoms with E-state index in [9.17, 15) is 4.79 Å². The maximum absolute atomic E-state index is 11.6. The van der Waals surface area contributed by atoms with Crippen LogP contribution in [0.2, 0.25) is 0 Å². The van der Waals surface area contributed by atoms with Gasteiger partial charge in [-0.05, 0) is 6.07 Å². The van der Waals surface area contributed by atoms with Crippen LogP contribution in [0.5, 0.6) is 0 Å². The molecule has 0 saturated carbocycles. The smallest absolute Gasteiger partial charge is 0.327 e. The molecule has 0 saturated heterocycles. The molecule has 1 aromatic carbocycles. The van der Waals surface area contributed by atoms with Crippen molar-refractivity contribution in [2.75, 3.05) is 0 Å². The van der Waals surface area contributed by atoms with E-state index < -0.39 is 0 Å². The van der Waals surface area contributed by atoms with Gasteiger partial charge in [0.1, 0.15) is 0 Å². The van der Waals surface area contributed by atoms with Crippen molar-refractivity contribution in [2.24, 2.45) is 0 Å². The van der Waals surface area contributed by atoms with Crippen LogP contribution in [0.4, 0.5) is 0 Å². The van der Waals surface area contributed by atoms with Crippen molar-refractivity contribution in [1.29, 1.82) is 0 Å². The fraction of sp³-hybridized carbons (Fsp3) is 0. The third-order valence-corrected chi connectivity index (χ3v) is 2.28. The number of fused-ring (bicyclic) bond motifs is 3. The predicted octanol–water partition coefficient (Wildman–Crippen LogP) is 2.14. The van der Waals surface area contributed by atoms with E-state index in [2.05, 4.69) is 11.1 Å². The molecule has 4 heteroatoms. The quantitative estimate of drug-likeness (QED) is 0.337. The minimum Gasteiger partial charge on any atom is -0.472 e. The summed E-state index contributed by atoms with van der Waals surface area (Å²) in [4.78, 5) is 15.8. The predicted molar refractivity (Wildman–Crippen MR) is 56.6 cm³/mol. The van der Waals surface area contributed by atoms with Gasteiger partial charge in [-0.15, -0.1) is 24.3 Å². The van der Waals surface area contributed by atoms with Crippen molar-refractivity contribution < 1.29 is 24.5 Å². The summed E-state index contributed by atoms with van der Waals surface area (Å²) in [6, 6.07) is 11.7. The summed E-state index contributed by atoms with van der Waals surface area (Å²) in [6.07, 6.45) is 1.65.